The zero-order valence-corrected chi connectivity index (χ0v) is 17.4. The van der Waals surface area contributed by atoms with Gasteiger partial charge in [-0.25, -0.2) is 4.98 Å². The van der Waals surface area contributed by atoms with Crippen molar-refractivity contribution in [3.05, 3.63) is 40.9 Å². The van der Waals surface area contributed by atoms with E-state index in [2.05, 4.69) is 42.3 Å². The molecular formula is C20H25N3O2S2. The SMILES string of the molecule is Cc1ccc(SCCC(=O)N2CCCC(C(=O)Nc3nccs3)C2)cc1C. The number of nitrogens with one attached hydrogen (secondary N) is 1. The monoisotopic (exact) mass is 403 g/mol. The van der Waals surface area contributed by atoms with E-state index in [1.807, 2.05) is 10.3 Å². The number of benzene rings is 1. The van der Waals surface area contributed by atoms with Gasteiger partial charge in [0.2, 0.25) is 11.8 Å². The molecule has 144 valence electrons. The van der Waals surface area contributed by atoms with Gasteiger partial charge in [0.25, 0.3) is 0 Å². The lowest BCUT2D eigenvalue weighted by Gasteiger charge is -2.32. The summed E-state index contributed by atoms with van der Waals surface area (Å²) in [4.78, 5) is 32.1. The first-order valence-electron chi connectivity index (χ1n) is 9.21. The lowest BCUT2D eigenvalue weighted by Crippen LogP contribution is -2.43. The standard InChI is InChI=1S/C20H25N3O2S2/c1-14-5-6-17(12-15(14)2)26-10-7-18(24)23-9-3-4-16(13-23)19(25)22-20-21-8-11-27-20/h5-6,8,11-12,16H,3-4,7,9-10,13H2,1-2H3,(H,21,22,25). The Hall–Kier alpha value is -1.86. The number of aromatic nitrogens is 1. The summed E-state index contributed by atoms with van der Waals surface area (Å²) in [5.74, 6) is 0.706. The maximum atomic E-state index is 12.6. The molecule has 0 bridgehead atoms. The summed E-state index contributed by atoms with van der Waals surface area (Å²) in [6, 6.07) is 6.40. The number of rotatable bonds is 6. The van der Waals surface area contributed by atoms with Gasteiger partial charge in [-0.15, -0.1) is 23.1 Å². The fourth-order valence-electron chi connectivity index (χ4n) is 3.13. The van der Waals surface area contributed by atoms with Crippen LogP contribution in [0.4, 0.5) is 5.13 Å². The van der Waals surface area contributed by atoms with Gasteiger partial charge in [-0.3, -0.25) is 9.59 Å². The van der Waals surface area contributed by atoms with Gasteiger partial charge >= 0.3 is 0 Å². The van der Waals surface area contributed by atoms with Crippen molar-refractivity contribution in [2.75, 3.05) is 24.2 Å². The Balaban J connectivity index is 1.46. The third-order valence-electron chi connectivity index (χ3n) is 4.87. The number of amides is 2. The minimum absolute atomic E-state index is 0.0352. The maximum absolute atomic E-state index is 12.6. The van der Waals surface area contributed by atoms with E-state index < -0.39 is 0 Å². The Morgan fingerprint density at radius 2 is 2.19 bits per heavy atom. The number of nitrogens with zero attached hydrogens (tertiary/aromatic N) is 2. The van der Waals surface area contributed by atoms with Crippen LogP contribution in [0, 0.1) is 19.8 Å². The third kappa shape index (κ3) is 5.56. The van der Waals surface area contributed by atoms with Crippen LogP contribution in [0.2, 0.25) is 0 Å². The molecule has 27 heavy (non-hydrogen) atoms. The van der Waals surface area contributed by atoms with Crippen molar-refractivity contribution in [1.29, 1.82) is 0 Å². The molecule has 2 amide bonds. The molecule has 0 saturated carbocycles. The van der Waals surface area contributed by atoms with E-state index in [0.717, 1.165) is 25.1 Å². The smallest absolute Gasteiger partial charge is 0.231 e. The van der Waals surface area contributed by atoms with Gasteiger partial charge in [-0.1, -0.05) is 6.07 Å². The van der Waals surface area contributed by atoms with Crippen molar-refractivity contribution in [2.24, 2.45) is 5.92 Å². The molecule has 0 spiro atoms. The van der Waals surface area contributed by atoms with E-state index in [-0.39, 0.29) is 17.7 Å². The molecule has 2 aromatic rings. The highest BCUT2D eigenvalue weighted by atomic mass is 32.2. The number of thiazole rings is 1. The van der Waals surface area contributed by atoms with Crippen LogP contribution in [-0.2, 0) is 9.59 Å². The van der Waals surface area contributed by atoms with Crippen LogP contribution in [0.5, 0.6) is 0 Å². The molecule has 1 aliphatic rings. The predicted molar refractivity (Wildman–Crippen MR) is 111 cm³/mol. The fraction of sp³-hybridized carbons (Fsp3) is 0.450. The Morgan fingerprint density at radius 1 is 1.33 bits per heavy atom. The van der Waals surface area contributed by atoms with Crippen LogP contribution in [0.3, 0.4) is 0 Å². The van der Waals surface area contributed by atoms with E-state index in [1.54, 1.807) is 18.0 Å². The number of carbonyl (C=O) groups is 2. The highest BCUT2D eigenvalue weighted by molar-refractivity contribution is 7.99. The highest BCUT2D eigenvalue weighted by Crippen LogP contribution is 2.24. The first-order valence-corrected chi connectivity index (χ1v) is 11.1. The van der Waals surface area contributed by atoms with Crippen LogP contribution in [0.15, 0.2) is 34.7 Å². The van der Waals surface area contributed by atoms with Gasteiger partial charge in [0, 0.05) is 41.7 Å². The van der Waals surface area contributed by atoms with Crippen molar-refractivity contribution in [2.45, 2.75) is 38.0 Å². The van der Waals surface area contributed by atoms with Crippen LogP contribution >= 0.6 is 23.1 Å². The van der Waals surface area contributed by atoms with Crippen LogP contribution in [0.25, 0.3) is 0 Å². The molecule has 5 nitrogen and oxygen atoms in total. The molecule has 0 aliphatic carbocycles. The molecule has 1 atom stereocenters. The Bertz CT molecular complexity index is 793. The van der Waals surface area contributed by atoms with E-state index in [9.17, 15) is 9.59 Å². The number of thioether (sulfide) groups is 1. The van der Waals surface area contributed by atoms with Crippen molar-refractivity contribution >= 4 is 40.0 Å². The average Bonchev–Trinajstić information content (AvgIpc) is 3.17. The molecule has 1 saturated heterocycles. The van der Waals surface area contributed by atoms with Crippen LogP contribution < -0.4 is 5.32 Å². The van der Waals surface area contributed by atoms with E-state index in [0.29, 0.717) is 18.1 Å². The number of carbonyl (C=O) groups excluding carboxylic acids is 2. The second-order valence-electron chi connectivity index (χ2n) is 6.85. The van der Waals surface area contributed by atoms with Gasteiger partial charge in [-0.05, 0) is 49.9 Å². The summed E-state index contributed by atoms with van der Waals surface area (Å²) in [6.45, 7) is 5.46. The summed E-state index contributed by atoms with van der Waals surface area (Å²) in [5, 5.41) is 5.30. The normalized spacial score (nSPS) is 17.0. The van der Waals surface area contributed by atoms with Crippen molar-refractivity contribution < 1.29 is 9.59 Å². The molecule has 2 heterocycles. The summed E-state index contributed by atoms with van der Waals surface area (Å²) in [7, 11) is 0. The molecule has 0 radical (unpaired) electrons. The lowest BCUT2D eigenvalue weighted by atomic mass is 9.97. The Morgan fingerprint density at radius 3 is 2.93 bits per heavy atom. The van der Waals surface area contributed by atoms with E-state index in [4.69, 9.17) is 0 Å². The predicted octanol–water partition coefficient (Wildman–Crippen LogP) is 4.12. The quantitative estimate of drug-likeness (QED) is 0.737. The number of aryl methyl sites for hydroxylation is 2. The minimum Gasteiger partial charge on any atom is -0.342 e. The van der Waals surface area contributed by atoms with Crippen molar-refractivity contribution in [3.63, 3.8) is 0 Å². The first-order chi connectivity index (χ1) is 13.0. The third-order valence-corrected chi connectivity index (χ3v) is 6.55. The summed E-state index contributed by atoms with van der Waals surface area (Å²) in [5.41, 5.74) is 2.56. The Kier molecular flexibility index (Phi) is 6.90. The van der Waals surface area contributed by atoms with E-state index >= 15 is 0 Å². The molecule has 1 aliphatic heterocycles. The molecule has 1 aromatic carbocycles. The number of hydrogen-bond donors (Lipinski definition) is 1. The van der Waals surface area contributed by atoms with Crippen molar-refractivity contribution in [3.8, 4) is 0 Å². The molecular weight excluding hydrogens is 378 g/mol. The van der Waals surface area contributed by atoms with Gasteiger partial charge in [0.1, 0.15) is 0 Å². The lowest BCUT2D eigenvalue weighted by molar-refractivity contribution is -0.134. The molecule has 1 unspecified atom stereocenters. The van der Waals surface area contributed by atoms with Crippen molar-refractivity contribution in [1.82, 2.24) is 9.88 Å². The van der Waals surface area contributed by atoms with Gasteiger partial charge < -0.3 is 10.2 Å². The fourth-order valence-corrected chi connectivity index (χ4v) is 4.60. The number of likely N-dealkylation sites (tertiary alicyclic amines) is 1. The average molecular weight is 404 g/mol. The molecule has 1 N–H and O–H groups in total. The Labute approximate surface area is 168 Å². The van der Waals surface area contributed by atoms with Crippen LogP contribution in [-0.4, -0.2) is 40.5 Å². The molecule has 1 fully saturated rings. The topological polar surface area (TPSA) is 62.3 Å². The maximum Gasteiger partial charge on any atom is 0.231 e. The van der Waals surface area contributed by atoms with Gasteiger partial charge in [-0.2, -0.15) is 0 Å². The first kappa shape index (κ1) is 19.9. The molecule has 1 aromatic heterocycles. The second-order valence-corrected chi connectivity index (χ2v) is 8.91. The van der Waals surface area contributed by atoms with E-state index in [1.165, 1.54) is 27.4 Å². The van der Waals surface area contributed by atoms with Gasteiger partial charge in [0.05, 0.1) is 5.92 Å². The zero-order chi connectivity index (χ0) is 19.2. The van der Waals surface area contributed by atoms with Gasteiger partial charge in [0.15, 0.2) is 5.13 Å². The molecule has 3 rings (SSSR count). The molecule has 7 heteroatoms. The summed E-state index contributed by atoms with van der Waals surface area (Å²) < 4.78 is 0. The second kappa shape index (κ2) is 9.37. The number of piperidine rings is 1. The summed E-state index contributed by atoms with van der Waals surface area (Å²) in [6.07, 6.45) is 3.85. The number of anilines is 1. The van der Waals surface area contributed by atoms with Crippen LogP contribution in [0.1, 0.15) is 30.4 Å². The number of hydrogen-bond acceptors (Lipinski definition) is 5. The summed E-state index contributed by atoms with van der Waals surface area (Å²) >= 11 is 3.12. The zero-order valence-electron chi connectivity index (χ0n) is 15.7. The largest absolute Gasteiger partial charge is 0.342 e. The minimum atomic E-state index is -0.154. The highest BCUT2D eigenvalue weighted by Gasteiger charge is 2.28.